The summed E-state index contributed by atoms with van der Waals surface area (Å²) in [5.74, 6) is 0. The number of aliphatic hydroxyl groups excluding tert-OH is 1. The molecule has 1 N–H and O–H groups in total. The maximum atomic E-state index is 9.50. The highest BCUT2D eigenvalue weighted by Gasteiger charge is 2.20. The molecule has 1 aromatic carbocycles. The summed E-state index contributed by atoms with van der Waals surface area (Å²) in [5, 5.41) is 13.9. The Kier molecular flexibility index (Phi) is 3.13. The van der Waals surface area contributed by atoms with Crippen molar-refractivity contribution < 1.29 is 5.11 Å². The molecule has 3 rings (SSSR count). The number of hydrogen-bond acceptors (Lipinski definition) is 3. The molecule has 0 unspecified atom stereocenters. The lowest BCUT2D eigenvalue weighted by Gasteiger charge is -2.12. The molecule has 0 radical (unpaired) electrons. The maximum absolute atomic E-state index is 9.50. The molecule has 1 aromatic heterocycles. The van der Waals surface area contributed by atoms with E-state index in [2.05, 4.69) is 16.2 Å². The smallest absolute Gasteiger partial charge is 0.0679 e. The van der Waals surface area contributed by atoms with Crippen LogP contribution in [0.5, 0.6) is 0 Å². The second kappa shape index (κ2) is 4.92. The zero-order valence-electron chi connectivity index (χ0n) is 10.2. The van der Waals surface area contributed by atoms with Crippen LogP contribution in [0.1, 0.15) is 12.0 Å². The number of nitrogens with zero attached hydrogens (tertiary/aromatic N) is 3. The van der Waals surface area contributed by atoms with Gasteiger partial charge in [0.2, 0.25) is 0 Å². The van der Waals surface area contributed by atoms with Crippen molar-refractivity contribution in [2.24, 2.45) is 0 Å². The Bertz CT molecular complexity index is 509. The summed E-state index contributed by atoms with van der Waals surface area (Å²) < 4.78 is 1.89. The first-order valence-corrected chi connectivity index (χ1v) is 6.30. The molecule has 0 saturated carbocycles. The van der Waals surface area contributed by atoms with Crippen molar-refractivity contribution in [3.8, 4) is 5.69 Å². The van der Waals surface area contributed by atoms with Crippen LogP contribution in [-0.4, -0.2) is 39.0 Å². The first-order chi connectivity index (χ1) is 8.81. The van der Waals surface area contributed by atoms with Crippen molar-refractivity contribution >= 4 is 0 Å². The minimum absolute atomic E-state index is 0.158. The molecule has 0 amide bonds. The number of β-amino-alcohol motifs (C(OH)–C–C–N with tert-alkyl or cyclic N) is 1. The Hall–Kier alpha value is -1.65. The highest BCUT2D eigenvalue weighted by molar-refractivity contribution is 5.30. The van der Waals surface area contributed by atoms with Gasteiger partial charge in [0.15, 0.2) is 0 Å². The summed E-state index contributed by atoms with van der Waals surface area (Å²) in [7, 11) is 0. The number of rotatable bonds is 3. The number of hydrogen-bond donors (Lipinski definition) is 1. The third kappa shape index (κ3) is 2.44. The molecule has 4 heteroatoms. The normalized spacial score (nSPS) is 20.4. The number of para-hydroxylation sites is 1. The van der Waals surface area contributed by atoms with Crippen molar-refractivity contribution in [2.45, 2.75) is 19.1 Å². The Labute approximate surface area is 106 Å². The molecule has 2 heterocycles. The maximum Gasteiger partial charge on any atom is 0.0679 e. The van der Waals surface area contributed by atoms with E-state index in [1.54, 1.807) is 0 Å². The first kappa shape index (κ1) is 11.4. The second-order valence-corrected chi connectivity index (χ2v) is 4.81. The van der Waals surface area contributed by atoms with Crippen LogP contribution in [0, 0.1) is 0 Å². The molecule has 1 aliphatic heterocycles. The molecule has 94 valence electrons. The van der Waals surface area contributed by atoms with Crippen molar-refractivity contribution in [3.05, 3.63) is 48.3 Å². The van der Waals surface area contributed by atoms with E-state index in [9.17, 15) is 5.11 Å². The molecule has 0 aliphatic carbocycles. The lowest BCUT2D eigenvalue weighted by Crippen LogP contribution is -2.21. The third-order valence-corrected chi connectivity index (χ3v) is 3.31. The van der Waals surface area contributed by atoms with E-state index in [0.29, 0.717) is 0 Å². The van der Waals surface area contributed by atoms with E-state index in [1.165, 1.54) is 5.56 Å². The molecule has 18 heavy (non-hydrogen) atoms. The number of likely N-dealkylation sites (tertiary alicyclic amines) is 1. The Morgan fingerprint density at radius 3 is 2.83 bits per heavy atom. The lowest BCUT2D eigenvalue weighted by molar-refractivity contribution is 0.175. The van der Waals surface area contributed by atoms with E-state index < -0.39 is 0 Å². The van der Waals surface area contributed by atoms with Crippen LogP contribution in [0.25, 0.3) is 5.69 Å². The van der Waals surface area contributed by atoms with E-state index in [1.807, 2.05) is 41.2 Å². The monoisotopic (exact) mass is 243 g/mol. The van der Waals surface area contributed by atoms with Crippen molar-refractivity contribution in [1.82, 2.24) is 14.7 Å². The van der Waals surface area contributed by atoms with Gasteiger partial charge in [-0.2, -0.15) is 5.10 Å². The van der Waals surface area contributed by atoms with Gasteiger partial charge >= 0.3 is 0 Å². The van der Waals surface area contributed by atoms with Gasteiger partial charge < -0.3 is 5.11 Å². The molecule has 4 nitrogen and oxygen atoms in total. The molecule has 1 fully saturated rings. The van der Waals surface area contributed by atoms with Crippen LogP contribution in [0.4, 0.5) is 0 Å². The van der Waals surface area contributed by atoms with Crippen molar-refractivity contribution in [1.29, 1.82) is 0 Å². The zero-order valence-corrected chi connectivity index (χ0v) is 10.2. The highest BCUT2D eigenvalue weighted by Crippen LogP contribution is 2.14. The van der Waals surface area contributed by atoms with Crippen molar-refractivity contribution in [2.75, 3.05) is 13.1 Å². The van der Waals surface area contributed by atoms with Gasteiger partial charge in [0.05, 0.1) is 18.0 Å². The van der Waals surface area contributed by atoms with Gasteiger partial charge in [-0.25, -0.2) is 4.68 Å². The van der Waals surface area contributed by atoms with Gasteiger partial charge in [-0.15, -0.1) is 0 Å². The van der Waals surface area contributed by atoms with Crippen LogP contribution >= 0.6 is 0 Å². The fourth-order valence-corrected chi connectivity index (χ4v) is 2.38. The summed E-state index contributed by atoms with van der Waals surface area (Å²) in [5.41, 5.74) is 2.26. The first-order valence-electron chi connectivity index (χ1n) is 6.30. The van der Waals surface area contributed by atoms with E-state index in [4.69, 9.17) is 0 Å². The lowest BCUT2D eigenvalue weighted by atomic mass is 10.3. The average Bonchev–Trinajstić information content (AvgIpc) is 3.01. The van der Waals surface area contributed by atoms with Crippen LogP contribution in [-0.2, 0) is 6.54 Å². The van der Waals surface area contributed by atoms with Gasteiger partial charge in [-0.1, -0.05) is 18.2 Å². The van der Waals surface area contributed by atoms with Gasteiger partial charge in [0, 0.05) is 31.4 Å². The average molecular weight is 243 g/mol. The van der Waals surface area contributed by atoms with Gasteiger partial charge in [-0.3, -0.25) is 4.90 Å². The number of aliphatic hydroxyl groups is 1. The number of benzene rings is 1. The molecule has 1 saturated heterocycles. The van der Waals surface area contributed by atoms with Crippen LogP contribution in [0.15, 0.2) is 42.7 Å². The molecule has 1 aliphatic rings. The fraction of sp³-hybridized carbons (Fsp3) is 0.357. The van der Waals surface area contributed by atoms with Gasteiger partial charge in [0.1, 0.15) is 0 Å². The third-order valence-electron chi connectivity index (χ3n) is 3.31. The Balaban J connectivity index is 1.70. The molecule has 1 atom stereocenters. The molecular formula is C14H17N3O. The van der Waals surface area contributed by atoms with Gasteiger partial charge in [0.25, 0.3) is 0 Å². The topological polar surface area (TPSA) is 41.3 Å². The predicted octanol–water partition coefficient (Wildman–Crippen LogP) is 1.44. The van der Waals surface area contributed by atoms with E-state index in [-0.39, 0.29) is 6.10 Å². The summed E-state index contributed by atoms with van der Waals surface area (Å²) in [6, 6.07) is 10.1. The summed E-state index contributed by atoms with van der Waals surface area (Å²) >= 11 is 0. The minimum Gasteiger partial charge on any atom is -0.392 e. The van der Waals surface area contributed by atoms with Gasteiger partial charge in [-0.05, 0) is 18.6 Å². The zero-order chi connectivity index (χ0) is 12.4. The Morgan fingerprint density at radius 2 is 2.11 bits per heavy atom. The highest BCUT2D eigenvalue weighted by atomic mass is 16.3. The summed E-state index contributed by atoms with van der Waals surface area (Å²) in [4.78, 5) is 2.26. The SMILES string of the molecule is O[C@H]1CCN(Cc2cnn(-c3ccccc3)c2)C1. The summed E-state index contributed by atoms with van der Waals surface area (Å²) in [6.45, 7) is 2.61. The molecule has 0 bridgehead atoms. The molecule has 2 aromatic rings. The second-order valence-electron chi connectivity index (χ2n) is 4.81. The van der Waals surface area contributed by atoms with Crippen LogP contribution in [0.2, 0.25) is 0 Å². The van der Waals surface area contributed by atoms with Crippen molar-refractivity contribution in [3.63, 3.8) is 0 Å². The van der Waals surface area contributed by atoms with E-state index >= 15 is 0 Å². The van der Waals surface area contributed by atoms with Crippen LogP contribution in [0.3, 0.4) is 0 Å². The fourth-order valence-electron chi connectivity index (χ4n) is 2.38. The molecular weight excluding hydrogens is 226 g/mol. The quantitative estimate of drug-likeness (QED) is 0.887. The van der Waals surface area contributed by atoms with E-state index in [0.717, 1.165) is 31.7 Å². The molecule has 0 spiro atoms. The number of aromatic nitrogens is 2. The summed E-state index contributed by atoms with van der Waals surface area (Å²) in [6.07, 6.45) is 4.68. The largest absolute Gasteiger partial charge is 0.392 e. The Morgan fingerprint density at radius 1 is 1.28 bits per heavy atom. The minimum atomic E-state index is -0.158. The van der Waals surface area contributed by atoms with Crippen LogP contribution < -0.4 is 0 Å². The predicted molar refractivity (Wildman–Crippen MR) is 69.5 cm³/mol. The standard InChI is InChI=1S/C14H17N3O/c18-14-6-7-16(11-14)9-12-8-15-17(10-12)13-4-2-1-3-5-13/h1-5,8,10,14,18H,6-7,9,11H2/t14-/m0/s1.